The lowest BCUT2D eigenvalue weighted by atomic mass is 10.5. The topological polar surface area (TPSA) is 74.3 Å². The molecule has 0 N–H and O–H groups in total. The SMILES string of the molecule is O=C1C=CC(=O)N1CCOCCOCCOCCOCCBr. The van der Waals surface area contributed by atoms with Crippen LogP contribution in [0.2, 0.25) is 0 Å². The lowest BCUT2D eigenvalue weighted by Gasteiger charge is -2.13. The van der Waals surface area contributed by atoms with Crippen molar-refractivity contribution in [1.29, 1.82) is 0 Å². The molecule has 22 heavy (non-hydrogen) atoms. The van der Waals surface area contributed by atoms with Crippen molar-refractivity contribution < 1.29 is 28.5 Å². The number of ether oxygens (including phenoxy) is 4. The van der Waals surface area contributed by atoms with E-state index in [2.05, 4.69) is 15.9 Å². The molecule has 126 valence electrons. The third-order valence-electron chi connectivity index (χ3n) is 2.70. The van der Waals surface area contributed by atoms with Crippen molar-refractivity contribution in [1.82, 2.24) is 4.90 Å². The fourth-order valence-electron chi connectivity index (χ4n) is 1.62. The lowest BCUT2D eigenvalue weighted by molar-refractivity contribution is -0.137. The first-order chi connectivity index (χ1) is 10.8. The minimum Gasteiger partial charge on any atom is -0.378 e. The highest BCUT2D eigenvalue weighted by atomic mass is 79.9. The zero-order chi connectivity index (χ0) is 16.0. The summed E-state index contributed by atoms with van der Waals surface area (Å²) in [5.41, 5.74) is 0. The van der Waals surface area contributed by atoms with Crippen molar-refractivity contribution in [2.45, 2.75) is 0 Å². The average Bonchev–Trinajstić information content (AvgIpc) is 2.83. The highest BCUT2D eigenvalue weighted by Gasteiger charge is 2.22. The van der Waals surface area contributed by atoms with Gasteiger partial charge in [-0.3, -0.25) is 14.5 Å². The standard InChI is InChI=1S/C14H22BrNO6/c15-3-5-19-7-9-21-11-12-22-10-8-20-6-4-16-13(17)1-2-14(16)18/h1-2H,3-12H2. The first kappa shape index (κ1) is 19.2. The van der Waals surface area contributed by atoms with E-state index in [4.69, 9.17) is 18.9 Å². The Bertz CT molecular complexity index is 345. The molecule has 1 aliphatic heterocycles. The van der Waals surface area contributed by atoms with Gasteiger partial charge >= 0.3 is 0 Å². The molecule has 7 nitrogen and oxygen atoms in total. The third kappa shape index (κ3) is 8.60. The van der Waals surface area contributed by atoms with Crippen LogP contribution in [0.25, 0.3) is 0 Å². The van der Waals surface area contributed by atoms with E-state index in [1.807, 2.05) is 0 Å². The summed E-state index contributed by atoms with van der Waals surface area (Å²) in [6.45, 7) is 4.26. The van der Waals surface area contributed by atoms with Crippen LogP contribution in [0.1, 0.15) is 0 Å². The molecule has 0 aromatic carbocycles. The number of rotatable bonds is 14. The second-order valence-electron chi connectivity index (χ2n) is 4.30. The van der Waals surface area contributed by atoms with Crippen LogP contribution in [0.5, 0.6) is 0 Å². The van der Waals surface area contributed by atoms with Gasteiger partial charge in [-0.05, 0) is 0 Å². The van der Waals surface area contributed by atoms with Gasteiger partial charge in [0.15, 0.2) is 0 Å². The molecule has 0 aliphatic carbocycles. The van der Waals surface area contributed by atoms with Crippen molar-refractivity contribution >= 4 is 27.7 Å². The summed E-state index contributed by atoms with van der Waals surface area (Å²) >= 11 is 3.27. The minimum atomic E-state index is -0.290. The fourth-order valence-corrected chi connectivity index (χ4v) is 1.85. The maximum Gasteiger partial charge on any atom is 0.253 e. The van der Waals surface area contributed by atoms with Gasteiger partial charge in [0.25, 0.3) is 11.8 Å². The summed E-state index contributed by atoms with van der Waals surface area (Å²) in [7, 11) is 0. The Kier molecular flexibility index (Phi) is 11.1. The summed E-state index contributed by atoms with van der Waals surface area (Å²) in [5.74, 6) is -0.579. The van der Waals surface area contributed by atoms with Gasteiger partial charge < -0.3 is 18.9 Å². The highest BCUT2D eigenvalue weighted by Crippen LogP contribution is 2.02. The molecule has 1 heterocycles. The molecule has 0 atom stereocenters. The molecule has 0 saturated heterocycles. The van der Waals surface area contributed by atoms with Crippen LogP contribution in [-0.2, 0) is 28.5 Å². The molecule has 0 saturated carbocycles. The Balaban J connectivity index is 1.79. The van der Waals surface area contributed by atoms with E-state index in [1.54, 1.807) is 0 Å². The van der Waals surface area contributed by atoms with E-state index in [1.165, 1.54) is 12.2 Å². The molecule has 1 aliphatic rings. The van der Waals surface area contributed by atoms with Gasteiger partial charge in [-0.15, -0.1) is 0 Å². The molecule has 2 amide bonds. The van der Waals surface area contributed by atoms with Gasteiger partial charge in [-0.2, -0.15) is 0 Å². The number of hydrogen-bond acceptors (Lipinski definition) is 6. The summed E-state index contributed by atoms with van der Waals surface area (Å²) in [4.78, 5) is 23.6. The van der Waals surface area contributed by atoms with Crippen molar-refractivity contribution in [2.24, 2.45) is 0 Å². The summed E-state index contributed by atoms with van der Waals surface area (Å²) in [6, 6.07) is 0. The van der Waals surface area contributed by atoms with Crippen LogP contribution < -0.4 is 0 Å². The number of hydrogen-bond donors (Lipinski definition) is 0. The maximum atomic E-state index is 11.2. The van der Waals surface area contributed by atoms with Crippen LogP contribution in [0, 0.1) is 0 Å². The van der Waals surface area contributed by atoms with E-state index >= 15 is 0 Å². The van der Waals surface area contributed by atoms with Crippen molar-refractivity contribution in [2.75, 3.05) is 64.7 Å². The predicted molar refractivity (Wildman–Crippen MR) is 82.9 cm³/mol. The molecule has 0 aromatic rings. The first-order valence-electron chi connectivity index (χ1n) is 7.16. The second kappa shape index (κ2) is 12.7. The number of nitrogens with zero attached hydrogens (tertiary/aromatic N) is 1. The Morgan fingerprint density at radius 1 is 0.727 bits per heavy atom. The second-order valence-corrected chi connectivity index (χ2v) is 5.09. The lowest BCUT2D eigenvalue weighted by Crippen LogP contribution is -2.33. The Morgan fingerprint density at radius 2 is 1.14 bits per heavy atom. The molecule has 0 unspecified atom stereocenters. The molecular weight excluding hydrogens is 358 g/mol. The number of imide groups is 1. The van der Waals surface area contributed by atoms with E-state index < -0.39 is 0 Å². The number of alkyl halides is 1. The summed E-state index contributed by atoms with van der Waals surface area (Å²) in [5, 5.41) is 0.826. The van der Waals surface area contributed by atoms with Crippen molar-refractivity contribution in [3.63, 3.8) is 0 Å². The molecule has 0 radical (unpaired) electrons. The molecule has 1 rings (SSSR count). The molecule has 0 aromatic heterocycles. The molecule has 8 heteroatoms. The zero-order valence-electron chi connectivity index (χ0n) is 12.5. The summed E-state index contributed by atoms with van der Waals surface area (Å²) in [6.07, 6.45) is 2.52. The van der Waals surface area contributed by atoms with Crippen LogP contribution in [0.4, 0.5) is 0 Å². The third-order valence-corrected chi connectivity index (χ3v) is 3.02. The molecular formula is C14H22BrNO6. The number of carbonyl (C=O) groups excluding carboxylic acids is 2. The predicted octanol–water partition coefficient (Wildman–Crippen LogP) is 0.373. The molecule has 0 fully saturated rings. The normalized spacial score (nSPS) is 14.3. The average molecular weight is 380 g/mol. The zero-order valence-corrected chi connectivity index (χ0v) is 14.1. The monoisotopic (exact) mass is 379 g/mol. The molecule has 0 bridgehead atoms. The van der Waals surface area contributed by atoms with E-state index in [9.17, 15) is 9.59 Å². The fraction of sp³-hybridized carbons (Fsp3) is 0.714. The van der Waals surface area contributed by atoms with Crippen LogP contribution in [-0.4, -0.2) is 81.4 Å². The quantitative estimate of drug-likeness (QED) is 0.246. The van der Waals surface area contributed by atoms with Crippen molar-refractivity contribution in [3.8, 4) is 0 Å². The Labute approximate surface area is 138 Å². The highest BCUT2D eigenvalue weighted by molar-refractivity contribution is 9.09. The van der Waals surface area contributed by atoms with Gasteiger partial charge in [0, 0.05) is 17.5 Å². The van der Waals surface area contributed by atoms with Crippen LogP contribution in [0.3, 0.4) is 0 Å². The first-order valence-corrected chi connectivity index (χ1v) is 8.28. The van der Waals surface area contributed by atoms with Gasteiger partial charge in [0.05, 0.1) is 59.4 Å². The van der Waals surface area contributed by atoms with E-state index in [0.29, 0.717) is 52.9 Å². The number of halogens is 1. The Morgan fingerprint density at radius 3 is 1.59 bits per heavy atom. The minimum absolute atomic E-state index is 0.266. The van der Waals surface area contributed by atoms with Gasteiger partial charge in [-0.1, -0.05) is 15.9 Å². The summed E-state index contributed by atoms with van der Waals surface area (Å²) < 4.78 is 21.1. The van der Waals surface area contributed by atoms with E-state index in [0.717, 1.165) is 10.2 Å². The van der Waals surface area contributed by atoms with Gasteiger partial charge in [0.2, 0.25) is 0 Å². The van der Waals surface area contributed by atoms with Gasteiger partial charge in [0.1, 0.15) is 0 Å². The Hall–Kier alpha value is -0.800. The van der Waals surface area contributed by atoms with Crippen molar-refractivity contribution in [3.05, 3.63) is 12.2 Å². The molecule has 0 spiro atoms. The smallest absolute Gasteiger partial charge is 0.253 e. The van der Waals surface area contributed by atoms with Gasteiger partial charge in [-0.25, -0.2) is 0 Å². The number of amides is 2. The maximum absolute atomic E-state index is 11.2. The van der Waals surface area contributed by atoms with Crippen LogP contribution >= 0.6 is 15.9 Å². The number of carbonyl (C=O) groups is 2. The largest absolute Gasteiger partial charge is 0.378 e. The van der Waals surface area contributed by atoms with Crippen LogP contribution in [0.15, 0.2) is 12.2 Å². The van der Waals surface area contributed by atoms with E-state index in [-0.39, 0.29) is 18.4 Å².